The maximum absolute atomic E-state index is 12.4. The highest BCUT2D eigenvalue weighted by molar-refractivity contribution is 6.31. The number of anilines is 2. The number of pyridine rings is 1. The number of carbonyl (C=O) groups excluding carboxylic acids is 1. The second-order valence-electron chi connectivity index (χ2n) is 6.31. The Balaban J connectivity index is 1.65. The average Bonchev–Trinajstić information content (AvgIpc) is 2.65. The maximum Gasteiger partial charge on any atom is 0.415 e. The Hall–Kier alpha value is -3.13. The van der Waals surface area contributed by atoms with Crippen molar-refractivity contribution in [3.8, 4) is 0 Å². The second-order valence-corrected chi connectivity index (χ2v) is 6.74. The molecule has 1 aliphatic heterocycles. The molecule has 3 aromatic rings. The Morgan fingerprint density at radius 3 is 2.96 bits per heavy atom. The first-order chi connectivity index (χ1) is 12.9. The van der Waals surface area contributed by atoms with Crippen molar-refractivity contribution in [3.63, 3.8) is 0 Å². The van der Waals surface area contributed by atoms with Crippen molar-refractivity contribution in [2.24, 2.45) is 0 Å². The number of carbonyl (C=O) groups is 1. The zero-order valence-corrected chi connectivity index (χ0v) is 15.4. The van der Waals surface area contributed by atoms with Crippen molar-refractivity contribution in [2.75, 3.05) is 17.3 Å². The summed E-state index contributed by atoms with van der Waals surface area (Å²) < 4.78 is 5.00. The predicted octanol–water partition coefficient (Wildman–Crippen LogP) is 3.23. The fourth-order valence-corrected chi connectivity index (χ4v) is 3.15. The van der Waals surface area contributed by atoms with E-state index < -0.39 is 6.09 Å². The summed E-state index contributed by atoms with van der Waals surface area (Å²) in [6, 6.07) is 6.71. The third-order valence-electron chi connectivity index (χ3n) is 4.43. The molecular weight excluding hydrogens is 370 g/mol. The van der Waals surface area contributed by atoms with Gasteiger partial charge in [-0.3, -0.25) is 9.69 Å². The number of nitrogens with zero attached hydrogens (tertiary/aromatic N) is 3. The average molecular weight is 386 g/mol. The molecule has 138 valence electrons. The third kappa shape index (κ3) is 3.19. The molecule has 1 aliphatic rings. The van der Waals surface area contributed by atoms with Gasteiger partial charge in [0, 0.05) is 34.7 Å². The smallest absolute Gasteiger partial charge is 0.415 e. The van der Waals surface area contributed by atoms with Crippen molar-refractivity contribution >= 4 is 40.4 Å². The fraction of sp³-hybridized carbons (Fsp3) is 0.222. The van der Waals surface area contributed by atoms with Gasteiger partial charge in [-0.2, -0.15) is 4.98 Å². The van der Waals surface area contributed by atoms with Gasteiger partial charge in [0.05, 0.1) is 11.6 Å². The van der Waals surface area contributed by atoms with E-state index in [0.29, 0.717) is 33.4 Å². The number of ether oxygens (including phenoxy) is 1. The van der Waals surface area contributed by atoms with Crippen LogP contribution in [-0.4, -0.2) is 28.1 Å². The molecule has 0 fully saturated rings. The molecule has 3 heterocycles. The van der Waals surface area contributed by atoms with Crippen LogP contribution >= 0.6 is 11.6 Å². The van der Waals surface area contributed by atoms with Crippen molar-refractivity contribution < 1.29 is 9.53 Å². The molecular formula is C18H16ClN5O3. The number of aromatic nitrogens is 3. The number of H-pyrrole nitrogens is 1. The van der Waals surface area contributed by atoms with E-state index in [1.807, 2.05) is 6.92 Å². The van der Waals surface area contributed by atoms with Crippen LogP contribution in [-0.2, 0) is 11.3 Å². The third-order valence-corrected chi connectivity index (χ3v) is 4.67. The molecule has 1 unspecified atom stereocenters. The lowest BCUT2D eigenvalue weighted by atomic mass is 10.1. The molecule has 0 bridgehead atoms. The van der Waals surface area contributed by atoms with Crippen LogP contribution in [0, 0.1) is 0 Å². The molecule has 0 spiro atoms. The van der Waals surface area contributed by atoms with Crippen LogP contribution in [0.2, 0.25) is 5.02 Å². The summed E-state index contributed by atoms with van der Waals surface area (Å²) in [5.74, 6) is 0.795. The van der Waals surface area contributed by atoms with E-state index in [0.717, 1.165) is 5.39 Å². The van der Waals surface area contributed by atoms with Crippen LogP contribution in [0.1, 0.15) is 24.1 Å². The van der Waals surface area contributed by atoms with Gasteiger partial charge in [-0.1, -0.05) is 11.6 Å². The van der Waals surface area contributed by atoms with Crippen LogP contribution in [0.3, 0.4) is 0 Å². The molecule has 0 saturated heterocycles. The van der Waals surface area contributed by atoms with Crippen LogP contribution in [0.5, 0.6) is 0 Å². The largest absolute Gasteiger partial charge is 0.444 e. The molecule has 2 aromatic heterocycles. The van der Waals surface area contributed by atoms with Crippen LogP contribution < -0.4 is 15.8 Å². The zero-order valence-electron chi connectivity index (χ0n) is 14.6. The Morgan fingerprint density at radius 1 is 1.33 bits per heavy atom. The Bertz CT molecular complexity index is 1110. The molecule has 4 rings (SSSR count). The normalized spacial score (nSPS) is 14.6. The SMILES string of the molecule is CC(Nc1ncc2c(n1)N(C)C(=O)OC2)c1cc2cc(Cl)ccc2[nH]c1=O. The minimum absolute atomic E-state index is 0.138. The first kappa shape index (κ1) is 17.3. The number of fused-ring (bicyclic) bond motifs is 2. The standard InChI is InChI=1S/C18H16ClN5O3/c1-9(13-6-10-5-12(19)3-4-14(10)22-16(13)25)21-17-20-7-11-8-27-18(26)24(2)15(11)23-17/h3-7,9H,8H2,1-2H3,(H,22,25)(H,20,21,23). The van der Waals surface area contributed by atoms with E-state index in [1.54, 1.807) is 37.5 Å². The van der Waals surface area contributed by atoms with Gasteiger partial charge in [0.25, 0.3) is 5.56 Å². The summed E-state index contributed by atoms with van der Waals surface area (Å²) in [6.45, 7) is 1.97. The second kappa shape index (κ2) is 6.55. The summed E-state index contributed by atoms with van der Waals surface area (Å²) in [5, 5.41) is 4.53. The first-order valence-corrected chi connectivity index (χ1v) is 8.65. The van der Waals surface area contributed by atoms with Gasteiger partial charge in [0.1, 0.15) is 12.4 Å². The number of hydrogen-bond donors (Lipinski definition) is 2. The van der Waals surface area contributed by atoms with E-state index in [9.17, 15) is 9.59 Å². The Kier molecular flexibility index (Phi) is 4.19. The van der Waals surface area contributed by atoms with E-state index in [2.05, 4.69) is 20.3 Å². The van der Waals surface area contributed by atoms with Crippen molar-refractivity contribution in [1.29, 1.82) is 0 Å². The van der Waals surface area contributed by atoms with E-state index in [1.165, 1.54) is 4.90 Å². The highest BCUT2D eigenvalue weighted by atomic mass is 35.5. The van der Waals surface area contributed by atoms with Gasteiger partial charge in [-0.25, -0.2) is 9.78 Å². The highest BCUT2D eigenvalue weighted by Crippen LogP contribution is 2.25. The molecule has 0 radical (unpaired) electrons. The lowest BCUT2D eigenvalue weighted by molar-refractivity contribution is 0.143. The van der Waals surface area contributed by atoms with Crippen molar-refractivity contribution in [3.05, 3.63) is 57.0 Å². The number of rotatable bonds is 3. The number of halogens is 1. The lowest BCUT2D eigenvalue weighted by Gasteiger charge is -2.24. The first-order valence-electron chi connectivity index (χ1n) is 8.28. The van der Waals surface area contributed by atoms with Gasteiger partial charge in [-0.05, 0) is 31.2 Å². The quantitative estimate of drug-likeness (QED) is 0.718. The number of benzene rings is 1. The molecule has 27 heavy (non-hydrogen) atoms. The summed E-state index contributed by atoms with van der Waals surface area (Å²) in [5.41, 5.74) is 1.75. The fourth-order valence-electron chi connectivity index (χ4n) is 2.97. The van der Waals surface area contributed by atoms with Crippen LogP contribution in [0.4, 0.5) is 16.6 Å². The minimum atomic E-state index is -0.469. The number of nitrogens with one attached hydrogen (secondary N) is 2. The monoisotopic (exact) mass is 385 g/mol. The number of hydrogen-bond acceptors (Lipinski definition) is 6. The van der Waals surface area contributed by atoms with E-state index >= 15 is 0 Å². The minimum Gasteiger partial charge on any atom is -0.444 e. The number of amides is 1. The highest BCUT2D eigenvalue weighted by Gasteiger charge is 2.25. The molecule has 8 nitrogen and oxygen atoms in total. The van der Waals surface area contributed by atoms with E-state index in [-0.39, 0.29) is 18.2 Å². The number of aromatic amines is 1. The lowest BCUT2D eigenvalue weighted by Crippen LogP contribution is -2.33. The van der Waals surface area contributed by atoms with Gasteiger partial charge < -0.3 is 15.0 Å². The molecule has 1 amide bonds. The summed E-state index contributed by atoms with van der Waals surface area (Å²) in [6.07, 6.45) is 1.13. The maximum atomic E-state index is 12.4. The topological polar surface area (TPSA) is 100 Å². The predicted molar refractivity (Wildman–Crippen MR) is 102 cm³/mol. The molecule has 1 atom stereocenters. The number of cyclic esters (lactones) is 1. The van der Waals surface area contributed by atoms with Gasteiger partial charge in [-0.15, -0.1) is 0 Å². The summed E-state index contributed by atoms with van der Waals surface area (Å²) >= 11 is 6.04. The Morgan fingerprint density at radius 2 is 2.15 bits per heavy atom. The zero-order chi connectivity index (χ0) is 19.1. The van der Waals surface area contributed by atoms with Crippen LogP contribution in [0.25, 0.3) is 10.9 Å². The Labute approximate surface area is 159 Å². The molecule has 0 saturated carbocycles. The van der Waals surface area contributed by atoms with Gasteiger partial charge in [0.15, 0.2) is 0 Å². The molecule has 1 aromatic carbocycles. The molecule has 0 aliphatic carbocycles. The molecule has 9 heteroatoms. The van der Waals surface area contributed by atoms with E-state index in [4.69, 9.17) is 16.3 Å². The van der Waals surface area contributed by atoms with Gasteiger partial charge in [0.2, 0.25) is 5.95 Å². The van der Waals surface area contributed by atoms with Crippen molar-refractivity contribution in [2.45, 2.75) is 19.6 Å². The molecule has 2 N–H and O–H groups in total. The summed E-state index contributed by atoms with van der Waals surface area (Å²) in [4.78, 5) is 36.9. The van der Waals surface area contributed by atoms with Crippen LogP contribution in [0.15, 0.2) is 35.3 Å². The van der Waals surface area contributed by atoms with Crippen molar-refractivity contribution in [1.82, 2.24) is 15.0 Å². The van der Waals surface area contributed by atoms with Gasteiger partial charge >= 0.3 is 6.09 Å². The summed E-state index contributed by atoms with van der Waals surface area (Å²) in [7, 11) is 1.58.